The van der Waals surface area contributed by atoms with Crippen molar-refractivity contribution in [3.63, 3.8) is 0 Å². The van der Waals surface area contributed by atoms with E-state index in [1.54, 1.807) is 18.4 Å². The van der Waals surface area contributed by atoms with Crippen LogP contribution in [0.1, 0.15) is 48.3 Å². The number of carboxylic acid groups (broad SMARTS) is 1. The average molecular weight is 472 g/mol. The summed E-state index contributed by atoms with van der Waals surface area (Å²) in [5.41, 5.74) is 4.62. The minimum Gasteiger partial charge on any atom is -0.480 e. The molecule has 0 amide bonds. The van der Waals surface area contributed by atoms with Crippen molar-refractivity contribution in [1.29, 1.82) is 0 Å². The summed E-state index contributed by atoms with van der Waals surface area (Å²) in [6, 6.07) is 24.6. The van der Waals surface area contributed by atoms with E-state index in [2.05, 4.69) is 47.8 Å². The monoisotopic (exact) mass is 471 g/mol. The average Bonchev–Trinajstić information content (AvgIpc) is 3.43. The van der Waals surface area contributed by atoms with Crippen LogP contribution in [0.25, 0.3) is 11.0 Å². The van der Waals surface area contributed by atoms with E-state index in [0.29, 0.717) is 23.8 Å². The zero-order valence-electron chi connectivity index (χ0n) is 18.8. The Morgan fingerprint density at radius 2 is 1.79 bits per heavy atom. The van der Waals surface area contributed by atoms with Gasteiger partial charge in [0.25, 0.3) is 0 Å². The van der Waals surface area contributed by atoms with Gasteiger partial charge in [-0.2, -0.15) is 0 Å². The van der Waals surface area contributed by atoms with Crippen molar-refractivity contribution < 1.29 is 14.3 Å². The molecule has 4 nitrogen and oxygen atoms in total. The number of benzene rings is 3. The van der Waals surface area contributed by atoms with E-state index in [9.17, 15) is 9.90 Å². The molecule has 1 heterocycles. The number of hydrogen-bond acceptors (Lipinski definition) is 3. The first-order valence-corrected chi connectivity index (χ1v) is 12.2. The molecule has 4 aromatic rings. The molecule has 2 aliphatic rings. The lowest BCUT2D eigenvalue weighted by Gasteiger charge is -2.47. The van der Waals surface area contributed by atoms with Gasteiger partial charge in [0.1, 0.15) is 11.1 Å². The molecular formula is C29H26ClNO3. The Morgan fingerprint density at radius 1 is 0.971 bits per heavy atom. The number of fused-ring (bicyclic) bond motifs is 3. The van der Waals surface area contributed by atoms with Crippen molar-refractivity contribution in [3.8, 4) is 0 Å². The maximum atomic E-state index is 12.6. The highest BCUT2D eigenvalue weighted by atomic mass is 35.5. The summed E-state index contributed by atoms with van der Waals surface area (Å²) in [5.74, 6) is -0.493. The van der Waals surface area contributed by atoms with Gasteiger partial charge < -0.3 is 14.8 Å². The Bertz CT molecular complexity index is 1380. The molecule has 3 aromatic carbocycles. The van der Waals surface area contributed by atoms with Gasteiger partial charge in [-0.15, -0.1) is 0 Å². The van der Waals surface area contributed by atoms with Crippen LogP contribution in [0.15, 0.2) is 83.5 Å². The van der Waals surface area contributed by atoms with Crippen LogP contribution in [-0.2, 0) is 16.6 Å². The number of carbonyl (C=O) groups is 1. The van der Waals surface area contributed by atoms with Gasteiger partial charge in [-0.3, -0.25) is 0 Å². The Kier molecular flexibility index (Phi) is 4.96. The lowest BCUT2D eigenvalue weighted by atomic mass is 9.59. The predicted octanol–water partition coefficient (Wildman–Crippen LogP) is 7.17. The molecule has 1 saturated carbocycles. The molecule has 5 heteroatoms. The maximum absolute atomic E-state index is 12.6. The van der Waals surface area contributed by atoms with E-state index >= 15 is 0 Å². The van der Waals surface area contributed by atoms with E-state index in [-0.39, 0.29) is 5.41 Å². The molecule has 1 aromatic heterocycles. The molecule has 172 valence electrons. The highest BCUT2D eigenvalue weighted by molar-refractivity contribution is 6.30. The molecular weight excluding hydrogens is 446 g/mol. The van der Waals surface area contributed by atoms with Gasteiger partial charge >= 0.3 is 5.97 Å². The normalized spacial score (nSPS) is 26.0. The maximum Gasteiger partial charge on any atom is 0.329 e. The fourth-order valence-corrected chi connectivity index (χ4v) is 6.59. The lowest BCUT2D eigenvalue weighted by Crippen LogP contribution is -2.52. The van der Waals surface area contributed by atoms with Crippen LogP contribution in [0.5, 0.6) is 0 Å². The van der Waals surface area contributed by atoms with Crippen molar-refractivity contribution >= 4 is 34.2 Å². The van der Waals surface area contributed by atoms with Gasteiger partial charge in [-0.1, -0.05) is 48.0 Å². The SMILES string of the molecule is O=C(O)C1(Nc2cccc(Cl)c2)CCC2(CC1)c1ccccc1CC2c1ccc2occc2c1. The number of anilines is 1. The van der Waals surface area contributed by atoms with Crippen molar-refractivity contribution in [1.82, 2.24) is 0 Å². The zero-order valence-corrected chi connectivity index (χ0v) is 19.5. The van der Waals surface area contributed by atoms with Crippen LogP contribution < -0.4 is 5.32 Å². The van der Waals surface area contributed by atoms with Crippen LogP contribution in [0.3, 0.4) is 0 Å². The fraction of sp³-hybridized carbons (Fsp3) is 0.276. The van der Waals surface area contributed by atoms with Crippen LogP contribution in [0.4, 0.5) is 5.69 Å². The van der Waals surface area contributed by atoms with Crippen LogP contribution in [0.2, 0.25) is 5.02 Å². The summed E-state index contributed by atoms with van der Waals surface area (Å²) in [4.78, 5) is 12.6. The van der Waals surface area contributed by atoms with Gasteiger partial charge in [0.15, 0.2) is 0 Å². The van der Waals surface area contributed by atoms with Crippen molar-refractivity contribution in [3.05, 3.63) is 101 Å². The third-order valence-corrected chi connectivity index (χ3v) is 8.37. The van der Waals surface area contributed by atoms with Gasteiger partial charge in [0.2, 0.25) is 0 Å². The first-order valence-electron chi connectivity index (χ1n) is 11.8. The molecule has 0 aliphatic heterocycles. The Morgan fingerprint density at radius 3 is 2.59 bits per heavy atom. The highest BCUT2D eigenvalue weighted by Gasteiger charge is 2.54. The summed E-state index contributed by atoms with van der Waals surface area (Å²) in [7, 11) is 0. The summed E-state index contributed by atoms with van der Waals surface area (Å²) >= 11 is 6.17. The molecule has 34 heavy (non-hydrogen) atoms. The van der Waals surface area contributed by atoms with Gasteiger partial charge in [-0.25, -0.2) is 4.79 Å². The second kappa shape index (κ2) is 7.92. The molecule has 1 atom stereocenters. The third-order valence-electron chi connectivity index (χ3n) is 8.14. The van der Waals surface area contributed by atoms with E-state index in [1.807, 2.05) is 18.2 Å². The van der Waals surface area contributed by atoms with E-state index in [0.717, 1.165) is 35.9 Å². The summed E-state index contributed by atoms with van der Waals surface area (Å²) in [6.07, 6.45) is 5.41. The second-order valence-corrected chi connectivity index (χ2v) is 10.2. The van der Waals surface area contributed by atoms with E-state index in [4.69, 9.17) is 16.0 Å². The Hall–Kier alpha value is -3.24. The van der Waals surface area contributed by atoms with Gasteiger partial charge in [-0.05, 0) is 91.1 Å². The van der Waals surface area contributed by atoms with Crippen LogP contribution in [-0.4, -0.2) is 16.6 Å². The zero-order chi connectivity index (χ0) is 23.3. The molecule has 1 spiro atoms. The minimum atomic E-state index is -1.01. The van der Waals surface area contributed by atoms with E-state index < -0.39 is 11.5 Å². The summed E-state index contributed by atoms with van der Waals surface area (Å²) < 4.78 is 5.57. The molecule has 0 saturated heterocycles. The molecule has 0 radical (unpaired) electrons. The second-order valence-electron chi connectivity index (χ2n) is 9.81. The largest absolute Gasteiger partial charge is 0.480 e. The fourth-order valence-electron chi connectivity index (χ4n) is 6.40. The molecule has 2 aliphatic carbocycles. The molecule has 2 N–H and O–H groups in total. The highest BCUT2D eigenvalue weighted by Crippen LogP contribution is 2.58. The number of furan rings is 1. The number of nitrogens with one attached hydrogen (secondary N) is 1. The predicted molar refractivity (Wildman–Crippen MR) is 135 cm³/mol. The smallest absolute Gasteiger partial charge is 0.329 e. The standard InChI is InChI=1S/C29H26ClNO3/c30-22-5-3-6-23(18-22)31-29(27(32)33)13-11-28(12-14-29)24-7-2-1-4-19(24)17-25(28)20-8-9-26-21(16-20)10-15-34-26/h1-10,15-16,18,25,31H,11-14,17H2,(H,32,33). The molecule has 1 unspecified atom stereocenters. The molecule has 6 rings (SSSR count). The van der Waals surface area contributed by atoms with Crippen molar-refractivity contribution in [2.45, 2.75) is 49.0 Å². The lowest BCUT2D eigenvalue weighted by molar-refractivity contribution is -0.144. The number of halogens is 1. The Labute approximate surface area is 203 Å². The van der Waals surface area contributed by atoms with E-state index in [1.165, 1.54) is 16.7 Å². The number of carboxylic acids is 1. The first kappa shape index (κ1) is 21.3. The molecule has 1 fully saturated rings. The van der Waals surface area contributed by atoms with Crippen LogP contribution in [0, 0.1) is 0 Å². The van der Waals surface area contributed by atoms with Gasteiger partial charge in [0, 0.05) is 21.5 Å². The Balaban J connectivity index is 1.37. The van der Waals surface area contributed by atoms with Crippen LogP contribution >= 0.6 is 11.6 Å². The number of rotatable bonds is 4. The number of hydrogen-bond donors (Lipinski definition) is 2. The topological polar surface area (TPSA) is 62.5 Å². The minimum absolute atomic E-state index is 0.0804. The number of aliphatic carboxylic acids is 1. The quantitative estimate of drug-likeness (QED) is 0.331. The van der Waals surface area contributed by atoms with Crippen molar-refractivity contribution in [2.75, 3.05) is 5.32 Å². The summed E-state index contributed by atoms with van der Waals surface area (Å²) in [6.45, 7) is 0. The third kappa shape index (κ3) is 3.32. The summed E-state index contributed by atoms with van der Waals surface area (Å²) in [5, 5.41) is 15.4. The van der Waals surface area contributed by atoms with Crippen molar-refractivity contribution in [2.24, 2.45) is 0 Å². The van der Waals surface area contributed by atoms with Gasteiger partial charge in [0.05, 0.1) is 6.26 Å². The first-order chi connectivity index (χ1) is 16.5. The molecule has 0 bridgehead atoms.